The van der Waals surface area contributed by atoms with Crippen molar-refractivity contribution in [1.82, 2.24) is 0 Å². The molecule has 0 aromatic heterocycles. The van der Waals surface area contributed by atoms with Crippen LogP contribution in [0.25, 0.3) is 0 Å². The number of hydrogen-bond acceptors (Lipinski definition) is 2. The molecule has 0 heterocycles. The normalized spacial score (nSPS) is 8.79. The van der Waals surface area contributed by atoms with E-state index in [0.717, 1.165) is 0 Å². The fourth-order valence-electron chi connectivity index (χ4n) is 0.740. The van der Waals surface area contributed by atoms with E-state index in [2.05, 4.69) is 29.5 Å². The zero-order chi connectivity index (χ0) is 10.8. The van der Waals surface area contributed by atoms with Crippen LogP contribution in [0.15, 0.2) is 24.3 Å². The molecular weight excluding hydrogens is 291 g/mol. The van der Waals surface area contributed by atoms with Gasteiger partial charge in [0.2, 0.25) is 0 Å². The first-order valence-electron chi connectivity index (χ1n) is 4.72. The van der Waals surface area contributed by atoms with Crippen LogP contribution in [-0.4, -0.2) is 16.1 Å². The van der Waals surface area contributed by atoms with Crippen LogP contribution >= 0.6 is 22.6 Å². The summed E-state index contributed by atoms with van der Waals surface area (Å²) in [6.07, 6.45) is 1.31. The topological polar surface area (TPSA) is 29.5 Å². The minimum absolute atomic E-state index is 0.242. The van der Waals surface area contributed by atoms with Gasteiger partial charge in [-0.1, -0.05) is 35.6 Å². The van der Waals surface area contributed by atoms with Gasteiger partial charge in [0, 0.05) is 6.07 Å². The van der Waals surface area contributed by atoms with E-state index in [1.54, 1.807) is 18.2 Å². The number of phenols is 1. The molecule has 1 rings (SSSR count). The molecule has 2 nitrogen and oxygen atoms in total. The largest absolute Gasteiger partial charge is 0.508 e. The minimum atomic E-state index is 0.242. The van der Waals surface area contributed by atoms with Crippen LogP contribution in [0.3, 0.4) is 0 Å². The monoisotopic (exact) mass is 308 g/mol. The lowest BCUT2D eigenvalue weighted by Gasteiger charge is -2.01. The molecule has 0 unspecified atom stereocenters. The number of benzene rings is 1. The predicted octanol–water partition coefficient (Wildman–Crippen LogP) is 3.62. The molecular formula is C11H17IO2. The van der Waals surface area contributed by atoms with E-state index in [1.165, 1.54) is 10.8 Å². The van der Waals surface area contributed by atoms with Crippen molar-refractivity contribution < 1.29 is 9.84 Å². The lowest BCUT2D eigenvalue weighted by Crippen LogP contribution is -1.89. The van der Waals surface area contributed by atoms with E-state index in [0.29, 0.717) is 12.4 Å². The first-order chi connectivity index (χ1) is 6.74. The Kier molecular flexibility index (Phi) is 8.83. The van der Waals surface area contributed by atoms with Crippen molar-refractivity contribution in [3.05, 3.63) is 24.3 Å². The van der Waals surface area contributed by atoms with Gasteiger partial charge in [-0.05, 0) is 29.9 Å². The van der Waals surface area contributed by atoms with E-state index in [-0.39, 0.29) is 5.75 Å². The highest BCUT2D eigenvalue weighted by Crippen LogP contribution is 2.16. The summed E-state index contributed by atoms with van der Waals surface area (Å²) in [5.41, 5.74) is 0. The first-order valence-corrected chi connectivity index (χ1v) is 6.24. The number of aromatic hydroxyl groups is 1. The van der Waals surface area contributed by atoms with E-state index in [9.17, 15) is 0 Å². The van der Waals surface area contributed by atoms with E-state index in [4.69, 9.17) is 9.84 Å². The maximum atomic E-state index is 8.96. The number of alkyl halides is 1. The summed E-state index contributed by atoms with van der Waals surface area (Å²) in [6, 6.07) is 6.76. The van der Waals surface area contributed by atoms with Gasteiger partial charge in [-0.25, -0.2) is 0 Å². The molecule has 0 radical (unpaired) electrons. The quantitative estimate of drug-likeness (QED) is 0.682. The zero-order valence-electron chi connectivity index (χ0n) is 8.66. The summed E-state index contributed by atoms with van der Waals surface area (Å²) in [4.78, 5) is 0. The Hall–Kier alpha value is -0.450. The Morgan fingerprint density at radius 1 is 1.36 bits per heavy atom. The number of hydrogen-bond donors (Lipinski definition) is 1. The second-order valence-corrected chi connectivity index (χ2v) is 3.70. The highest BCUT2D eigenvalue weighted by molar-refractivity contribution is 14.1. The van der Waals surface area contributed by atoms with E-state index < -0.39 is 0 Å². The molecule has 0 atom stereocenters. The first kappa shape index (κ1) is 13.5. The molecule has 0 aliphatic heterocycles. The molecule has 0 amide bonds. The molecule has 0 spiro atoms. The average Bonchev–Trinajstić information content (AvgIpc) is 2.19. The fourth-order valence-corrected chi connectivity index (χ4v) is 0.740. The van der Waals surface area contributed by atoms with E-state index >= 15 is 0 Å². The summed E-state index contributed by atoms with van der Waals surface area (Å²) < 4.78 is 6.42. The molecule has 80 valence electrons. The molecule has 0 fully saturated rings. The Labute approximate surface area is 99.4 Å². The van der Waals surface area contributed by atoms with Crippen LogP contribution in [0.2, 0.25) is 0 Å². The number of halogens is 1. The zero-order valence-corrected chi connectivity index (χ0v) is 10.8. The molecule has 0 aliphatic carbocycles. The standard InChI is InChI=1S/C8H10O2.C3H7I/c1-2-10-8-5-3-4-7(9)6-8;1-2-3-4/h3-6,9H,2H2,1H3;2-3H2,1H3. The highest BCUT2D eigenvalue weighted by Gasteiger charge is 1.90. The van der Waals surface area contributed by atoms with Crippen molar-refractivity contribution >= 4 is 22.6 Å². The van der Waals surface area contributed by atoms with Gasteiger partial charge in [-0.3, -0.25) is 0 Å². The summed E-state index contributed by atoms with van der Waals surface area (Å²) in [5, 5.41) is 8.96. The Balaban J connectivity index is 0.000000364. The smallest absolute Gasteiger partial charge is 0.122 e. The van der Waals surface area contributed by atoms with Crippen molar-refractivity contribution in [3.8, 4) is 11.5 Å². The molecule has 3 heteroatoms. The van der Waals surface area contributed by atoms with Gasteiger partial charge in [0.25, 0.3) is 0 Å². The van der Waals surface area contributed by atoms with Gasteiger partial charge in [0.05, 0.1) is 6.61 Å². The van der Waals surface area contributed by atoms with Gasteiger partial charge in [-0.15, -0.1) is 0 Å². The molecule has 0 bridgehead atoms. The molecule has 0 saturated carbocycles. The van der Waals surface area contributed by atoms with Crippen LogP contribution in [0.4, 0.5) is 0 Å². The van der Waals surface area contributed by atoms with Crippen LogP contribution < -0.4 is 4.74 Å². The van der Waals surface area contributed by atoms with Crippen molar-refractivity contribution in [3.63, 3.8) is 0 Å². The van der Waals surface area contributed by atoms with Gasteiger partial charge >= 0.3 is 0 Å². The number of phenolic OH excluding ortho intramolecular Hbond substituents is 1. The van der Waals surface area contributed by atoms with Crippen molar-refractivity contribution in [2.75, 3.05) is 11.0 Å². The van der Waals surface area contributed by atoms with Gasteiger partial charge in [-0.2, -0.15) is 0 Å². The summed E-state index contributed by atoms with van der Waals surface area (Å²) in [7, 11) is 0. The van der Waals surface area contributed by atoms with Gasteiger partial charge in [0.15, 0.2) is 0 Å². The molecule has 1 N–H and O–H groups in total. The summed E-state index contributed by atoms with van der Waals surface area (Å²) >= 11 is 2.35. The molecule has 1 aromatic carbocycles. The van der Waals surface area contributed by atoms with Crippen molar-refractivity contribution in [2.24, 2.45) is 0 Å². The van der Waals surface area contributed by atoms with Crippen LogP contribution in [0.1, 0.15) is 20.3 Å². The Morgan fingerprint density at radius 2 is 2.00 bits per heavy atom. The van der Waals surface area contributed by atoms with Gasteiger partial charge in [0.1, 0.15) is 11.5 Å². The average molecular weight is 308 g/mol. The maximum Gasteiger partial charge on any atom is 0.122 e. The molecule has 14 heavy (non-hydrogen) atoms. The molecule has 1 aromatic rings. The minimum Gasteiger partial charge on any atom is -0.508 e. The third kappa shape index (κ3) is 7.00. The number of ether oxygens (including phenoxy) is 1. The van der Waals surface area contributed by atoms with Gasteiger partial charge < -0.3 is 9.84 Å². The highest BCUT2D eigenvalue weighted by atomic mass is 127. The maximum absolute atomic E-state index is 8.96. The summed E-state index contributed by atoms with van der Waals surface area (Å²) in [6.45, 7) is 4.71. The second kappa shape index (κ2) is 9.12. The fraction of sp³-hybridized carbons (Fsp3) is 0.455. The van der Waals surface area contributed by atoms with Crippen molar-refractivity contribution in [1.29, 1.82) is 0 Å². The molecule has 0 saturated heterocycles. The lowest BCUT2D eigenvalue weighted by molar-refractivity contribution is 0.337. The number of rotatable bonds is 3. The van der Waals surface area contributed by atoms with Crippen molar-refractivity contribution in [2.45, 2.75) is 20.3 Å². The second-order valence-electron chi connectivity index (χ2n) is 2.62. The third-order valence-electron chi connectivity index (χ3n) is 1.32. The Morgan fingerprint density at radius 3 is 2.43 bits per heavy atom. The lowest BCUT2D eigenvalue weighted by atomic mass is 10.3. The molecule has 0 aliphatic rings. The Bertz CT molecular complexity index is 236. The van der Waals surface area contributed by atoms with E-state index in [1.807, 2.05) is 13.0 Å². The predicted molar refractivity (Wildman–Crippen MR) is 68.5 cm³/mol. The third-order valence-corrected chi connectivity index (χ3v) is 2.40. The van der Waals surface area contributed by atoms with Crippen LogP contribution in [0.5, 0.6) is 11.5 Å². The SMILES string of the molecule is CCCI.CCOc1cccc(O)c1. The van der Waals surface area contributed by atoms with Crippen LogP contribution in [-0.2, 0) is 0 Å². The summed E-state index contributed by atoms with van der Waals surface area (Å²) in [5.74, 6) is 0.952. The van der Waals surface area contributed by atoms with Crippen LogP contribution in [0, 0.1) is 0 Å².